The third-order valence-corrected chi connectivity index (χ3v) is 4.82. The van der Waals surface area contributed by atoms with Gasteiger partial charge >= 0.3 is 5.69 Å². The Kier molecular flexibility index (Phi) is 5.43. The highest BCUT2D eigenvalue weighted by Crippen LogP contribution is 2.22. The lowest BCUT2D eigenvalue weighted by atomic mass is 10.2. The third-order valence-electron chi connectivity index (χ3n) is 4.50. The monoisotopic (exact) mass is 440 g/mol. The quantitative estimate of drug-likeness (QED) is 0.493. The molecule has 31 heavy (non-hydrogen) atoms. The number of halogens is 2. The maximum Gasteiger partial charge on any atom is 0.353 e. The van der Waals surface area contributed by atoms with Gasteiger partial charge in [0.25, 0.3) is 0 Å². The number of carbonyl (C=O) groups is 1. The number of fused-ring (bicyclic) bond motifs is 1. The Balaban J connectivity index is 1.63. The Bertz CT molecular complexity index is 1350. The number of aryl methyl sites for hydroxylation is 2. The topological polar surface area (TPSA) is 93.3 Å². The zero-order valence-corrected chi connectivity index (χ0v) is 17.4. The van der Waals surface area contributed by atoms with Crippen LogP contribution in [0.4, 0.5) is 21.7 Å². The second kappa shape index (κ2) is 8.19. The first-order valence-corrected chi connectivity index (χ1v) is 9.74. The van der Waals surface area contributed by atoms with Crippen LogP contribution < -0.4 is 16.3 Å². The van der Waals surface area contributed by atoms with Crippen LogP contribution in [-0.2, 0) is 11.3 Å². The molecule has 0 fully saturated rings. The van der Waals surface area contributed by atoms with Crippen molar-refractivity contribution in [1.29, 1.82) is 0 Å². The van der Waals surface area contributed by atoms with Gasteiger partial charge in [0.05, 0.1) is 10.7 Å². The number of nitrogens with one attached hydrogen (secondary N) is 2. The number of carbonyl (C=O) groups excluding carboxylic acids is 1. The van der Waals surface area contributed by atoms with E-state index < -0.39 is 17.4 Å². The molecular formula is C21H18ClFN6O2. The fraction of sp³-hybridized carbons (Fsp3) is 0.143. The van der Waals surface area contributed by atoms with Gasteiger partial charge in [-0.3, -0.25) is 4.79 Å². The first-order valence-electron chi connectivity index (χ1n) is 9.36. The summed E-state index contributed by atoms with van der Waals surface area (Å²) < 4.78 is 15.5. The standard InChI is InChI=1S/C21H18ClFN6O2/c1-12-3-6-15(7-4-12)25-20-24-13(2)9-18-27-28(21(31)29(18)20)11-19(30)26-17-8-5-14(23)10-16(17)22/h3-10H,11H2,1-2H3,(H,24,25)(H,26,30). The first kappa shape index (κ1) is 20.5. The number of amides is 1. The molecular weight excluding hydrogens is 423 g/mol. The molecule has 0 bridgehead atoms. The van der Waals surface area contributed by atoms with Crippen LogP contribution in [0.2, 0.25) is 5.02 Å². The van der Waals surface area contributed by atoms with Crippen molar-refractivity contribution >= 4 is 40.5 Å². The second-order valence-electron chi connectivity index (χ2n) is 7.02. The van der Waals surface area contributed by atoms with Crippen LogP contribution in [-0.4, -0.2) is 25.1 Å². The van der Waals surface area contributed by atoms with Crippen LogP contribution in [0.1, 0.15) is 11.3 Å². The first-order chi connectivity index (χ1) is 14.8. The molecule has 0 radical (unpaired) electrons. The van der Waals surface area contributed by atoms with Crippen LogP contribution in [0, 0.1) is 19.7 Å². The van der Waals surface area contributed by atoms with Gasteiger partial charge in [-0.05, 0) is 44.2 Å². The number of hydrogen-bond acceptors (Lipinski definition) is 5. The van der Waals surface area contributed by atoms with Crippen LogP contribution in [0.25, 0.3) is 5.65 Å². The minimum Gasteiger partial charge on any atom is -0.325 e. The van der Waals surface area contributed by atoms with Crippen molar-refractivity contribution in [2.24, 2.45) is 0 Å². The molecule has 158 valence electrons. The summed E-state index contributed by atoms with van der Waals surface area (Å²) in [4.78, 5) is 29.8. The van der Waals surface area contributed by atoms with Gasteiger partial charge in [0.1, 0.15) is 12.4 Å². The second-order valence-corrected chi connectivity index (χ2v) is 7.43. The minimum atomic E-state index is -0.531. The summed E-state index contributed by atoms with van der Waals surface area (Å²) in [5.74, 6) is -0.759. The smallest absolute Gasteiger partial charge is 0.325 e. The van der Waals surface area contributed by atoms with Gasteiger partial charge in [0.2, 0.25) is 11.9 Å². The van der Waals surface area contributed by atoms with Crippen molar-refractivity contribution in [3.8, 4) is 0 Å². The molecule has 2 N–H and O–H groups in total. The van der Waals surface area contributed by atoms with Crippen molar-refractivity contribution < 1.29 is 9.18 Å². The van der Waals surface area contributed by atoms with E-state index in [-0.39, 0.29) is 23.2 Å². The predicted octanol–water partition coefficient (Wildman–Crippen LogP) is 3.68. The Labute approximate surface area is 181 Å². The van der Waals surface area contributed by atoms with Crippen LogP contribution >= 0.6 is 11.6 Å². The summed E-state index contributed by atoms with van der Waals surface area (Å²) in [7, 11) is 0. The zero-order valence-electron chi connectivity index (χ0n) is 16.7. The molecule has 2 heterocycles. The van der Waals surface area contributed by atoms with E-state index in [9.17, 15) is 14.0 Å². The number of nitrogens with zero attached hydrogens (tertiary/aromatic N) is 4. The van der Waals surface area contributed by atoms with E-state index in [2.05, 4.69) is 20.7 Å². The van der Waals surface area contributed by atoms with E-state index in [0.29, 0.717) is 11.3 Å². The summed E-state index contributed by atoms with van der Waals surface area (Å²) in [5, 5.41) is 9.97. The van der Waals surface area contributed by atoms with E-state index in [0.717, 1.165) is 22.0 Å². The predicted molar refractivity (Wildman–Crippen MR) is 116 cm³/mol. The SMILES string of the molecule is Cc1ccc(Nc2nc(C)cc3nn(CC(=O)Nc4ccc(F)cc4Cl)c(=O)n23)cc1. The summed E-state index contributed by atoms with van der Waals surface area (Å²) >= 11 is 5.94. The normalized spacial score (nSPS) is 11.0. The Morgan fingerprint density at radius 1 is 1.13 bits per heavy atom. The maximum absolute atomic E-state index is 13.2. The Morgan fingerprint density at radius 2 is 1.87 bits per heavy atom. The molecule has 2 aromatic carbocycles. The van der Waals surface area contributed by atoms with Crippen molar-refractivity contribution in [2.75, 3.05) is 10.6 Å². The van der Waals surface area contributed by atoms with Gasteiger partial charge in [-0.15, -0.1) is 5.10 Å². The molecule has 0 atom stereocenters. The molecule has 0 aliphatic heterocycles. The largest absolute Gasteiger partial charge is 0.353 e. The molecule has 2 aromatic heterocycles. The van der Waals surface area contributed by atoms with Crippen molar-refractivity contribution in [3.05, 3.63) is 81.1 Å². The Morgan fingerprint density at radius 3 is 2.58 bits per heavy atom. The molecule has 4 aromatic rings. The third kappa shape index (κ3) is 4.41. The van der Waals surface area contributed by atoms with E-state index >= 15 is 0 Å². The summed E-state index contributed by atoms with van der Waals surface area (Å²) in [6.45, 7) is 3.41. The molecule has 0 aliphatic carbocycles. The Hall–Kier alpha value is -3.72. The molecule has 8 nitrogen and oxygen atoms in total. The number of anilines is 3. The van der Waals surface area contributed by atoms with Gasteiger partial charge in [-0.2, -0.15) is 0 Å². The molecule has 0 aliphatic rings. The van der Waals surface area contributed by atoms with E-state index in [1.807, 2.05) is 31.2 Å². The fourth-order valence-corrected chi connectivity index (χ4v) is 3.24. The van der Waals surface area contributed by atoms with Crippen LogP contribution in [0.5, 0.6) is 0 Å². The van der Waals surface area contributed by atoms with E-state index in [1.165, 1.54) is 16.5 Å². The van der Waals surface area contributed by atoms with Crippen molar-refractivity contribution in [1.82, 2.24) is 19.2 Å². The van der Waals surface area contributed by atoms with E-state index in [1.54, 1.807) is 13.0 Å². The molecule has 0 spiro atoms. The van der Waals surface area contributed by atoms with E-state index in [4.69, 9.17) is 11.6 Å². The molecule has 0 saturated carbocycles. The van der Waals surface area contributed by atoms with Gasteiger partial charge in [0.15, 0.2) is 5.65 Å². The number of hydrogen-bond donors (Lipinski definition) is 2. The van der Waals surface area contributed by atoms with Gasteiger partial charge in [-0.1, -0.05) is 29.3 Å². The average Bonchev–Trinajstić information content (AvgIpc) is 3.01. The lowest BCUT2D eigenvalue weighted by Crippen LogP contribution is -2.29. The van der Waals surface area contributed by atoms with Crippen molar-refractivity contribution in [2.45, 2.75) is 20.4 Å². The lowest BCUT2D eigenvalue weighted by Gasteiger charge is -2.08. The number of aromatic nitrogens is 4. The number of rotatable bonds is 5. The summed E-state index contributed by atoms with van der Waals surface area (Å²) in [6.07, 6.45) is 0. The van der Waals surface area contributed by atoms with Crippen LogP contribution in [0.3, 0.4) is 0 Å². The van der Waals surface area contributed by atoms with Gasteiger partial charge < -0.3 is 10.6 Å². The van der Waals surface area contributed by atoms with Crippen molar-refractivity contribution in [3.63, 3.8) is 0 Å². The van der Waals surface area contributed by atoms with Gasteiger partial charge in [0, 0.05) is 17.4 Å². The molecule has 0 saturated heterocycles. The maximum atomic E-state index is 13.2. The van der Waals surface area contributed by atoms with Crippen LogP contribution in [0.15, 0.2) is 53.3 Å². The lowest BCUT2D eigenvalue weighted by molar-refractivity contribution is -0.117. The number of benzene rings is 2. The summed E-state index contributed by atoms with van der Waals surface area (Å²) in [5.41, 5.74) is 2.57. The highest BCUT2D eigenvalue weighted by molar-refractivity contribution is 6.33. The molecule has 1 amide bonds. The minimum absolute atomic E-state index is 0.0557. The fourth-order valence-electron chi connectivity index (χ4n) is 3.02. The molecule has 0 unspecified atom stereocenters. The zero-order chi connectivity index (χ0) is 22.1. The molecule has 10 heteroatoms. The van der Waals surface area contributed by atoms with Gasteiger partial charge in [-0.25, -0.2) is 23.3 Å². The highest BCUT2D eigenvalue weighted by atomic mass is 35.5. The highest BCUT2D eigenvalue weighted by Gasteiger charge is 2.16. The average molecular weight is 441 g/mol. The summed E-state index contributed by atoms with van der Waals surface area (Å²) in [6, 6.07) is 12.9. The molecule has 4 rings (SSSR count).